The van der Waals surface area contributed by atoms with Crippen LogP contribution in [-0.4, -0.2) is 69.3 Å². The topological polar surface area (TPSA) is 42.0 Å². The molecular weight excluding hydrogens is 323 g/mol. The van der Waals surface area contributed by atoms with Gasteiger partial charge in [-0.3, -0.25) is 4.79 Å². The Morgan fingerprint density at radius 3 is 2.48 bits per heavy atom. The predicted octanol–water partition coefficient (Wildman–Crippen LogP) is 2.26. The number of likely N-dealkylation sites (N-methyl/N-ethyl adjacent to an activating group) is 1. The van der Waals surface area contributed by atoms with Crippen molar-refractivity contribution < 1.29 is 18.7 Å². The minimum absolute atomic E-state index is 0.152. The van der Waals surface area contributed by atoms with Crippen molar-refractivity contribution in [1.29, 1.82) is 0 Å². The lowest BCUT2D eigenvalue weighted by atomic mass is 9.77. The van der Waals surface area contributed by atoms with E-state index in [9.17, 15) is 9.18 Å². The number of fused-ring (bicyclic) bond motifs is 1. The summed E-state index contributed by atoms with van der Waals surface area (Å²) in [7, 11) is 7.41. The van der Waals surface area contributed by atoms with E-state index >= 15 is 0 Å². The highest BCUT2D eigenvalue weighted by Gasteiger charge is 2.44. The van der Waals surface area contributed by atoms with Gasteiger partial charge in [0.05, 0.1) is 18.8 Å². The standard InChI is InChI=1S/C19H27FN2O3/c1-21(2)16-7-12-10-22(11-13(12)8-18(16)25-4)19(23)15-9-14(20)5-6-17(15)24-3/h5-6,9,12-13,16,18H,7-8,10-11H2,1-4H3/t12-,13+,16-,18-/m1/s1. The Balaban J connectivity index is 1.77. The summed E-state index contributed by atoms with van der Waals surface area (Å²) in [6, 6.07) is 4.45. The number of ether oxygens (including phenoxy) is 2. The number of rotatable bonds is 4. The Bertz CT molecular complexity index is 637. The minimum Gasteiger partial charge on any atom is -0.496 e. The van der Waals surface area contributed by atoms with Crippen molar-refractivity contribution in [2.24, 2.45) is 11.8 Å². The average molecular weight is 350 g/mol. The zero-order valence-corrected chi connectivity index (χ0v) is 15.4. The van der Waals surface area contributed by atoms with Crippen LogP contribution in [0.25, 0.3) is 0 Å². The summed E-state index contributed by atoms with van der Waals surface area (Å²) in [5.41, 5.74) is 0.300. The van der Waals surface area contributed by atoms with Gasteiger partial charge in [-0.2, -0.15) is 0 Å². The van der Waals surface area contributed by atoms with Gasteiger partial charge in [-0.05, 0) is 57.0 Å². The van der Waals surface area contributed by atoms with Crippen LogP contribution in [0.1, 0.15) is 23.2 Å². The molecule has 1 heterocycles. The first-order valence-electron chi connectivity index (χ1n) is 8.76. The van der Waals surface area contributed by atoms with Crippen LogP contribution in [0.15, 0.2) is 18.2 Å². The lowest BCUT2D eigenvalue weighted by molar-refractivity contribution is -0.0209. The molecule has 3 rings (SSSR count). The fourth-order valence-corrected chi connectivity index (χ4v) is 4.37. The summed E-state index contributed by atoms with van der Waals surface area (Å²) >= 11 is 0. The molecule has 1 amide bonds. The van der Waals surface area contributed by atoms with Gasteiger partial charge >= 0.3 is 0 Å². The maximum absolute atomic E-state index is 13.6. The van der Waals surface area contributed by atoms with E-state index in [-0.39, 0.29) is 12.0 Å². The van der Waals surface area contributed by atoms with E-state index < -0.39 is 5.82 Å². The smallest absolute Gasteiger partial charge is 0.257 e. The Labute approximate surface area is 148 Å². The number of hydrogen-bond acceptors (Lipinski definition) is 4. The van der Waals surface area contributed by atoms with Crippen LogP contribution in [0.5, 0.6) is 5.75 Å². The summed E-state index contributed by atoms with van der Waals surface area (Å²) < 4.78 is 24.5. The first kappa shape index (κ1) is 18.1. The maximum Gasteiger partial charge on any atom is 0.257 e. The van der Waals surface area contributed by atoms with Crippen molar-refractivity contribution >= 4 is 5.91 Å². The summed E-state index contributed by atoms with van der Waals surface area (Å²) in [5, 5.41) is 0. The monoisotopic (exact) mass is 350 g/mol. The normalized spacial score (nSPS) is 29.0. The number of likely N-dealkylation sites (tertiary alicyclic amines) is 1. The van der Waals surface area contributed by atoms with Crippen LogP contribution in [0, 0.1) is 17.7 Å². The third kappa shape index (κ3) is 3.51. The van der Waals surface area contributed by atoms with Crippen LogP contribution >= 0.6 is 0 Å². The molecule has 6 heteroatoms. The first-order chi connectivity index (χ1) is 11.9. The van der Waals surface area contributed by atoms with Crippen LogP contribution in [0.4, 0.5) is 4.39 Å². The number of halogens is 1. The molecule has 1 aliphatic carbocycles. The van der Waals surface area contributed by atoms with E-state index in [2.05, 4.69) is 19.0 Å². The van der Waals surface area contributed by atoms with E-state index in [1.54, 1.807) is 7.11 Å². The molecule has 0 radical (unpaired) electrons. The minimum atomic E-state index is -0.423. The third-order valence-corrected chi connectivity index (χ3v) is 5.73. The van der Waals surface area contributed by atoms with Crippen molar-refractivity contribution in [3.8, 4) is 5.75 Å². The maximum atomic E-state index is 13.6. The van der Waals surface area contributed by atoms with Gasteiger partial charge in [0.25, 0.3) is 5.91 Å². The van der Waals surface area contributed by atoms with Gasteiger partial charge in [-0.25, -0.2) is 4.39 Å². The molecule has 5 nitrogen and oxygen atoms in total. The SMILES string of the molecule is COc1ccc(F)cc1C(=O)N1C[C@H]2C[C@@H](N(C)C)[C@H](OC)C[C@H]2C1. The van der Waals surface area contributed by atoms with Gasteiger partial charge in [0, 0.05) is 26.2 Å². The van der Waals surface area contributed by atoms with Crippen LogP contribution in [0.2, 0.25) is 0 Å². The summed E-state index contributed by atoms with van der Waals surface area (Å²) in [6.45, 7) is 1.41. The third-order valence-electron chi connectivity index (χ3n) is 5.73. The molecule has 4 atom stereocenters. The summed E-state index contributed by atoms with van der Waals surface area (Å²) in [5.74, 6) is 0.739. The Kier molecular flexibility index (Phi) is 5.29. The quantitative estimate of drug-likeness (QED) is 0.835. The van der Waals surface area contributed by atoms with Crippen molar-refractivity contribution in [1.82, 2.24) is 9.80 Å². The summed E-state index contributed by atoms with van der Waals surface area (Å²) in [4.78, 5) is 17.0. The predicted molar refractivity (Wildman–Crippen MR) is 93.3 cm³/mol. The van der Waals surface area contributed by atoms with Crippen molar-refractivity contribution in [2.75, 3.05) is 41.4 Å². The zero-order chi connectivity index (χ0) is 18.1. The second-order valence-corrected chi connectivity index (χ2v) is 7.35. The fraction of sp³-hybridized carbons (Fsp3) is 0.632. The molecule has 1 aromatic rings. The lowest BCUT2D eigenvalue weighted by Crippen LogP contribution is -2.47. The Hall–Kier alpha value is -1.66. The van der Waals surface area contributed by atoms with Crippen LogP contribution in [-0.2, 0) is 4.74 Å². The number of nitrogens with zero attached hydrogens (tertiary/aromatic N) is 2. The average Bonchev–Trinajstić information content (AvgIpc) is 3.02. The van der Waals surface area contributed by atoms with Gasteiger partial charge in [-0.1, -0.05) is 0 Å². The molecule has 2 aliphatic rings. The second-order valence-electron chi connectivity index (χ2n) is 7.35. The Morgan fingerprint density at radius 2 is 1.88 bits per heavy atom. The van der Waals surface area contributed by atoms with Gasteiger partial charge in [0.1, 0.15) is 11.6 Å². The zero-order valence-electron chi connectivity index (χ0n) is 15.4. The molecule has 1 aliphatic heterocycles. The molecule has 25 heavy (non-hydrogen) atoms. The van der Waals surface area contributed by atoms with Gasteiger partial charge < -0.3 is 19.3 Å². The number of carbonyl (C=O) groups excluding carboxylic acids is 1. The lowest BCUT2D eigenvalue weighted by Gasteiger charge is -2.40. The number of hydrogen-bond donors (Lipinski definition) is 0. The van der Waals surface area contributed by atoms with Gasteiger partial charge in [0.2, 0.25) is 0 Å². The molecular formula is C19H27FN2O3. The largest absolute Gasteiger partial charge is 0.496 e. The summed E-state index contributed by atoms with van der Waals surface area (Å²) in [6.07, 6.45) is 2.16. The van der Waals surface area contributed by atoms with Crippen LogP contribution < -0.4 is 4.74 Å². The van der Waals surface area contributed by atoms with E-state index in [1.807, 2.05) is 4.90 Å². The van der Waals surface area contributed by atoms with E-state index in [0.29, 0.717) is 42.3 Å². The molecule has 0 bridgehead atoms. The van der Waals surface area contributed by atoms with E-state index in [0.717, 1.165) is 12.8 Å². The number of benzene rings is 1. The van der Waals surface area contributed by atoms with Gasteiger partial charge in [0.15, 0.2) is 0 Å². The fourth-order valence-electron chi connectivity index (χ4n) is 4.37. The van der Waals surface area contributed by atoms with Crippen molar-refractivity contribution in [2.45, 2.75) is 25.0 Å². The highest BCUT2D eigenvalue weighted by atomic mass is 19.1. The number of methoxy groups -OCH3 is 2. The highest BCUT2D eigenvalue weighted by Crippen LogP contribution is 2.39. The molecule has 138 valence electrons. The molecule has 1 aromatic carbocycles. The van der Waals surface area contributed by atoms with Gasteiger partial charge in [-0.15, -0.1) is 0 Å². The van der Waals surface area contributed by atoms with E-state index in [1.165, 1.54) is 25.3 Å². The Morgan fingerprint density at radius 1 is 1.20 bits per heavy atom. The van der Waals surface area contributed by atoms with Crippen LogP contribution in [0.3, 0.4) is 0 Å². The molecule has 1 saturated heterocycles. The molecule has 0 aromatic heterocycles. The molecule has 0 unspecified atom stereocenters. The second kappa shape index (κ2) is 7.30. The van der Waals surface area contributed by atoms with Crippen molar-refractivity contribution in [3.05, 3.63) is 29.6 Å². The highest BCUT2D eigenvalue weighted by molar-refractivity contribution is 5.97. The molecule has 0 spiro atoms. The molecule has 1 saturated carbocycles. The first-order valence-corrected chi connectivity index (χ1v) is 8.76. The molecule has 0 N–H and O–H groups in total. The number of carbonyl (C=O) groups is 1. The van der Waals surface area contributed by atoms with Crippen molar-refractivity contribution in [3.63, 3.8) is 0 Å². The molecule has 2 fully saturated rings. The van der Waals surface area contributed by atoms with E-state index in [4.69, 9.17) is 9.47 Å². The number of amides is 1.